The van der Waals surface area contributed by atoms with Crippen LogP contribution in [0.15, 0.2) is 0 Å². The molecule has 3 rings (SSSR count). The van der Waals surface area contributed by atoms with Crippen molar-refractivity contribution in [2.45, 2.75) is 44.6 Å². The predicted molar refractivity (Wildman–Crippen MR) is 43.1 cm³/mol. The maximum atomic E-state index is 9.88. The van der Waals surface area contributed by atoms with Crippen LogP contribution in [0.2, 0.25) is 0 Å². The van der Waals surface area contributed by atoms with Gasteiger partial charge in [0, 0.05) is 0 Å². The first-order valence-corrected chi connectivity index (χ1v) is 5.01. The number of hydrogen-bond acceptors (Lipinski definition) is 1. The molecular formula is C10H16O. The van der Waals surface area contributed by atoms with Crippen LogP contribution < -0.4 is 0 Å². The summed E-state index contributed by atoms with van der Waals surface area (Å²) >= 11 is 0. The third-order valence-electron chi connectivity index (χ3n) is 4.68. The molecule has 0 aromatic rings. The molecule has 3 aliphatic carbocycles. The van der Waals surface area contributed by atoms with Gasteiger partial charge in [0.25, 0.3) is 0 Å². The Labute approximate surface area is 67.8 Å². The first-order chi connectivity index (χ1) is 5.33. The second kappa shape index (κ2) is 1.82. The molecule has 0 aliphatic heterocycles. The van der Waals surface area contributed by atoms with Gasteiger partial charge >= 0.3 is 0 Å². The van der Waals surface area contributed by atoms with Gasteiger partial charge in [-0.15, -0.1) is 0 Å². The summed E-state index contributed by atoms with van der Waals surface area (Å²) in [6.45, 7) is 0. The fourth-order valence-electron chi connectivity index (χ4n) is 4.15. The van der Waals surface area contributed by atoms with E-state index < -0.39 is 0 Å². The molecule has 11 heavy (non-hydrogen) atoms. The second-order valence-corrected chi connectivity index (χ2v) is 4.77. The van der Waals surface area contributed by atoms with Crippen molar-refractivity contribution in [3.8, 4) is 0 Å². The zero-order chi connectivity index (χ0) is 7.47. The van der Waals surface area contributed by atoms with Gasteiger partial charge in [-0.1, -0.05) is 0 Å². The summed E-state index contributed by atoms with van der Waals surface area (Å²) in [5.74, 6) is 1.93. The van der Waals surface area contributed by atoms with Crippen molar-refractivity contribution in [3.05, 3.63) is 0 Å². The zero-order valence-electron chi connectivity index (χ0n) is 6.92. The standard InChI is InChI=1S/C10H16O/c11-9-2-1-8-7-3-5-10(8,9)6-4-7/h7-9,11H,1-6H2/t7?,8-,9-,10?/m1/s1. The summed E-state index contributed by atoms with van der Waals surface area (Å²) in [6.07, 6.45) is 8.00. The summed E-state index contributed by atoms with van der Waals surface area (Å²) in [5, 5.41) is 9.88. The van der Waals surface area contributed by atoms with E-state index in [9.17, 15) is 5.11 Å². The molecule has 0 aromatic carbocycles. The molecule has 0 heterocycles. The van der Waals surface area contributed by atoms with Gasteiger partial charge in [0.15, 0.2) is 0 Å². The molecule has 1 heteroatoms. The molecule has 3 saturated carbocycles. The van der Waals surface area contributed by atoms with E-state index in [1.807, 2.05) is 0 Å². The van der Waals surface area contributed by atoms with E-state index in [0.717, 1.165) is 18.3 Å². The predicted octanol–water partition coefficient (Wildman–Crippen LogP) is 1.95. The highest BCUT2D eigenvalue weighted by molar-refractivity contribution is 5.09. The van der Waals surface area contributed by atoms with E-state index in [0.29, 0.717) is 5.41 Å². The van der Waals surface area contributed by atoms with Crippen molar-refractivity contribution in [1.82, 2.24) is 0 Å². The molecule has 2 bridgehead atoms. The summed E-state index contributed by atoms with van der Waals surface area (Å²) in [5.41, 5.74) is 0.435. The van der Waals surface area contributed by atoms with Crippen molar-refractivity contribution in [1.29, 1.82) is 0 Å². The van der Waals surface area contributed by atoms with Crippen LogP contribution in [-0.2, 0) is 0 Å². The van der Waals surface area contributed by atoms with Crippen molar-refractivity contribution in [2.24, 2.45) is 17.3 Å². The molecular weight excluding hydrogens is 136 g/mol. The molecule has 0 saturated heterocycles. The lowest BCUT2D eigenvalue weighted by Crippen LogP contribution is -2.29. The van der Waals surface area contributed by atoms with Crippen LogP contribution in [0, 0.1) is 17.3 Å². The molecule has 2 atom stereocenters. The summed E-state index contributed by atoms with van der Waals surface area (Å²) in [4.78, 5) is 0. The molecule has 3 fully saturated rings. The normalized spacial score (nSPS) is 60.3. The first-order valence-electron chi connectivity index (χ1n) is 5.01. The van der Waals surface area contributed by atoms with E-state index >= 15 is 0 Å². The number of aliphatic hydroxyl groups excluding tert-OH is 1. The van der Waals surface area contributed by atoms with Gasteiger partial charge < -0.3 is 5.11 Å². The third-order valence-corrected chi connectivity index (χ3v) is 4.68. The second-order valence-electron chi connectivity index (χ2n) is 4.77. The molecule has 0 unspecified atom stereocenters. The van der Waals surface area contributed by atoms with Crippen molar-refractivity contribution < 1.29 is 5.11 Å². The number of rotatable bonds is 0. The molecule has 0 amide bonds. The van der Waals surface area contributed by atoms with Gasteiger partial charge in [0.05, 0.1) is 6.10 Å². The van der Waals surface area contributed by atoms with Gasteiger partial charge in [0.2, 0.25) is 0 Å². The minimum atomic E-state index is 0.0694. The summed E-state index contributed by atoms with van der Waals surface area (Å²) in [7, 11) is 0. The SMILES string of the molecule is O[C@@H]1CC[C@@H]2C3CCC12CC3. The fourth-order valence-corrected chi connectivity index (χ4v) is 4.15. The maximum Gasteiger partial charge on any atom is 0.0599 e. The van der Waals surface area contributed by atoms with E-state index in [-0.39, 0.29) is 6.10 Å². The van der Waals surface area contributed by atoms with Crippen LogP contribution in [0.3, 0.4) is 0 Å². The van der Waals surface area contributed by atoms with E-state index in [1.165, 1.54) is 32.1 Å². The molecule has 0 aromatic heterocycles. The Morgan fingerprint density at radius 2 is 1.73 bits per heavy atom. The zero-order valence-corrected chi connectivity index (χ0v) is 6.92. The lowest BCUT2D eigenvalue weighted by molar-refractivity contribution is 0.0434. The van der Waals surface area contributed by atoms with Crippen LogP contribution in [0.25, 0.3) is 0 Å². The fraction of sp³-hybridized carbons (Fsp3) is 1.00. The smallest absolute Gasteiger partial charge is 0.0599 e. The largest absolute Gasteiger partial charge is 0.393 e. The van der Waals surface area contributed by atoms with Crippen LogP contribution >= 0.6 is 0 Å². The number of hydrogen-bond donors (Lipinski definition) is 1. The highest BCUT2D eigenvalue weighted by Gasteiger charge is 2.59. The van der Waals surface area contributed by atoms with Gasteiger partial charge in [0.1, 0.15) is 0 Å². The molecule has 0 spiro atoms. The molecule has 1 nitrogen and oxygen atoms in total. The highest BCUT2D eigenvalue weighted by atomic mass is 16.3. The maximum absolute atomic E-state index is 9.88. The quantitative estimate of drug-likeness (QED) is 0.562. The van der Waals surface area contributed by atoms with Gasteiger partial charge in [-0.05, 0) is 55.8 Å². The third kappa shape index (κ3) is 0.581. The summed E-state index contributed by atoms with van der Waals surface area (Å²) in [6, 6.07) is 0. The van der Waals surface area contributed by atoms with Crippen LogP contribution in [0.1, 0.15) is 38.5 Å². The highest BCUT2D eigenvalue weighted by Crippen LogP contribution is 2.65. The van der Waals surface area contributed by atoms with Crippen molar-refractivity contribution in [3.63, 3.8) is 0 Å². The van der Waals surface area contributed by atoms with E-state index in [1.54, 1.807) is 0 Å². The Balaban J connectivity index is 2.02. The van der Waals surface area contributed by atoms with Crippen molar-refractivity contribution in [2.75, 3.05) is 0 Å². The van der Waals surface area contributed by atoms with Gasteiger partial charge in [-0.2, -0.15) is 0 Å². The van der Waals surface area contributed by atoms with Gasteiger partial charge in [-0.25, -0.2) is 0 Å². The molecule has 62 valence electrons. The van der Waals surface area contributed by atoms with E-state index in [2.05, 4.69) is 0 Å². The monoisotopic (exact) mass is 152 g/mol. The van der Waals surface area contributed by atoms with Crippen LogP contribution in [0.4, 0.5) is 0 Å². The van der Waals surface area contributed by atoms with Gasteiger partial charge in [-0.3, -0.25) is 0 Å². The van der Waals surface area contributed by atoms with Crippen molar-refractivity contribution >= 4 is 0 Å². The average molecular weight is 152 g/mol. The Hall–Kier alpha value is -0.0400. The molecule has 3 aliphatic rings. The number of aliphatic hydroxyl groups is 1. The Morgan fingerprint density at radius 1 is 1.00 bits per heavy atom. The average Bonchev–Trinajstić information content (AvgIpc) is 2.61. The Kier molecular flexibility index (Phi) is 1.07. The Bertz CT molecular complexity index is 179. The minimum Gasteiger partial charge on any atom is -0.393 e. The van der Waals surface area contributed by atoms with E-state index in [4.69, 9.17) is 0 Å². The lowest BCUT2D eigenvalue weighted by Gasteiger charge is -2.29. The lowest BCUT2D eigenvalue weighted by atomic mass is 9.79. The Morgan fingerprint density at radius 3 is 2.36 bits per heavy atom. The van der Waals surface area contributed by atoms with Crippen LogP contribution in [-0.4, -0.2) is 11.2 Å². The summed E-state index contributed by atoms with van der Waals surface area (Å²) < 4.78 is 0. The van der Waals surface area contributed by atoms with Crippen LogP contribution in [0.5, 0.6) is 0 Å². The molecule has 1 N–H and O–H groups in total. The molecule has 0 radical (unpaired) electrons. The minimum absolute atomic E-state index is 0.0694. The first kappa shape index (κ1) is 6.47. The topological polar surface area (TPSA) is 20.2 Å².